The highest BCUT2D eigenvalue weighted by atomic mass is 32.2. The van der Waals surface area contributed by atoms with Gasteiger partial charge in [-0.15, -0.1) is 0 Å². The number of halogens is 1. The molecule has 0 saturated carbocycles. The first-order valence-corrected chi connectivity index (χ1v) is 12.0. The molecule has 176 valence electrons. The fourth-order valence-corrected chi connectivity index (χ4v) is 4.95. The zero-order chi connectivity index (χ0) is 24.3. The van der Waals surface area contributed by atoms with Crippen LogP contribution in [0.2, 0.25) is 0 Å². The zero-order valence-corrected chi connectivity index (χ0v) is 19.4. The largest absolute Gasteiger partial charge is 0.352 e. The summed E-state index contributed by atoms with van der Waals surface area (Å²) >= 11 is 0. The quantitative estimate of drug-likeness (QED) is 0.631. The summed E-state index contributed by atoms with van der Waals surface area (Å²) < 4.78 is 39.6. The van der Waals surface area contributed by atoms with Gasteiger partial charge in [-0.3, -0.25) is 14.4 Å². The number of nitrogens with one attached hydrogen (secondary N) is 1. The number of rotatable bonds is 8. The molecule has 2 aromatic carbocycles. The Hall–Kier alpha value is -3.27. The van der Waals surface area contributed by atoms with Crippen molar-refractivity contribution in [2.75, 3.05) is 6.54 Å². The maximum absolute atomic E-state index is 13.3. The zero-order valence-electron chi connectivity index (χ0n) is 18.6. The molecular weight excluding hydrogens is 449 g/mol. The first kappa shape index (κ1) is 24.4. The number of benzene rings is 2. The average Bonchev–Trinajstić information content (AvgIpc) is 2.98. The van der Waals surface area contributed by atoms with E-state index in [0.29, 0.717) is 16.3 Å². The number of nitrogens with zero attached hydrogens (tertiary/aromatic N) is 2. The van der Waals surface area contributed by atoms with Crippen molar-refractivity contribution in [3.05, 3.63) is 65.5 Å². The van der Waals surface area contributed by atoms with Crippen LogP contribution in [0.5, 0.6) is 0 Å². The van der Waals surface area contributed by atoms with E-state index in [1.165, 1.54) is 54.3 Å². The number of amides is 3. The van der Waals surface area contributed by atoms with Crippen LogP contribution in [0.25, 0.3) is 0 Å². The third-order valence-corrected chi connectivity index (χ3v) is 7.41. The maximum Gasteiger partial charge on any atom is 0.269 e. The van der Waals surface area contributed by atoms with Crippen LogP contribution in [0.15, 0.2) is 53.4 Å². The van der Waals surface area contributed by atoms with Crippen molar-refractivity contribution in [1.29, 1.82) is 0 Å². The van der Waals surface area contributed by atoms with Gasteiger partial charge in [0.2, 0.25) is 11.8 Å². The number of hydrogen-bond donors (Lipinski definition) is 1. The van der Waals surface area contributed by atoms with Crippen LogP contribution in [0.3, 0.4) is 0 Å². The minimum absolute atomic E-state index is 0.00190. The lowest BCUT2D eigenvalue weighted by Crippen LogP contribution is -2.52. The molecule has 0 aromatic heterocycles. The second-order valence-electron chi connectivity index (χ2n) is 7.95. The van der Waals surface area contributed by atoms with Gasteiger partial charge in [-0.05, 0) is 50.1 Å². The summed E-state index contributed by atoms with van der Waals surface area (Å²) in [6, 6.07) is 10.1. The van der Waals surface area contributed by atoms with E-state index in [9.17, 15) is 27.2 Å². The van der Waals surface area contributed by atoms with Crippen molar-refractivity contribution < 1.29 is 27.2 Å². The fraction of sp³-hybridized carbons (Fsp3) is 0.348. The topological polar surface area (TPSA) is 104 Å². The van der Waals surface area contributed by atoms with Crippen LogP contribution in [0.1, 0.15) is 43.1 Å². The Morgan fingerprint density at radius 2 is 1.73 bits per heavy atom. The predicted octanol–water partition coefficient (Wildman–Crippen LogP) is 2.30. The van der Waals surface area contributed by atoms with E-state index in [1.807, 2.05) is 13.8 Å². The third-order valence-electron chi connectivity index (χ3n) is 5.63. The van der Waals surface area contributed by atoms with Crippen molar-refractivity contribution in [2.45, 2.75) is 50.7 Å². The molecule has 1 heterocycles. The van der Waals surface area contributed by atoms with E-state index in [1.54, 1.807) is 6.07 Å². The van der Waals surface area contributed by atoms with Gasteiger partial charge < -0.3 is 10.2 Å². The second-order valence-corrected chi connectivity index (χ2v) is 9.79. The summed E-state index contributed by atoms with van der Waals surface area (Å²) in [4.78, 5) is 39.8. The Morgan fingerprint density at radius 3 is 2.33 bits per heavy atom. The van der Waals surface area contributed by atoms with Gasteiger partial charge in [0, 0.05) is 12.6 Å². The van der Waals surface area contributed by atoms with Gasteiger partial charge in [-0.1, -0.05) is 31.2 Å². The summed E-state index contributed by atoms with van der Waals surface area (Å²) in [6.07, 6.45) is 0.684. The van der Waals surface area contributed by atoms with Crippen LogP contribution >= 0.6 is 0 Å². The first-order chi connectivity index (χ1) is 15.6. The molecule has 10 heteroatoms. The molecule has 2 aromatic rings. The molecule has 33 heavy (non-hydrogen) atoms. The minimum Gasteiger partial charge on any atom is -0.352 e. The van der Waals surface area contributed by atoms with Gasteiger partial charge in [0.1, 0.15) is 23.3 Å². The number of sulfonamides is 1. The van der Waals surface area contributed by atoms with Crippen molar-refractivity contribution in [3.63, 3.8) is 0 Å². The third kappa shape index (κ3) is 5.05. The van der Waals surface area contributed by atoms with Gasteiger partial charge in [0.25, 0.3) is 15.9 Å². The van der Waals surface area contributed by atoms with Gasteiger partial charge in [0.05, 0.1) is 5.56 Å². The molecule has 3 amide bonds. The highest BCUT2D eigenvalue weighted by Gasteiger charge is 2.43. The van der Waals surface area contributed by atoms with Crippen LogP contribution in [-0.2, 0) is 26.2 Å². The van der Waals surface area contributed by atoms with Crippen molar-refractivity contribution >= 4 is 27.7 Å². The number of fused-ring (bicyclic) bond motifs is 1. The van der Waals surface area contributed by atoms with E-state index in [4.69, 9.17) is 0 Å². The molecule has 0 aliphatic carbocycles. The van der Waals surface area contributed by atoms with E-state index in [2.05, 4.69) is 5.32 Å². The molecule has 1 N–H and O–H groups in total. The van der Waals surface area contributed by atoms with Crippen molar-refractivity contribution in [3.8, 4) is 0 Å². The Morgan fingerprint density at radius 1 is 1.09 bits per heavy atom. The summed E-state index contributed by atoms with van der Waals surface area (Å²) in [7, 11) is -4.19. The van der Waals surface area contributed by atoms with Crippen LogP contribution in [0.4, 0.5) is 4.39 Å². The van der Waals surface area contributed by atoms with Crippen molar-refractivity contribution in [2.24, 2.45) is 0 Å². The summed E-state index contributed by atoms with van der Waals surface area (Å²) in [5, 5.41) is 2.80. The number of carbonyl (C=O) groups excluding carboxylic acids is 3. The molecule has 8 nitrogen and oxygen atoms in total. The van der Waals surface area contributed by atoms with Crippen LogP contribution < -0.4 is 5.32 Å². The van der Waals surface area contributed by atoms with Crippen LogP contribution in [0, 0.1) is 5.82 Å². The predicted molar refractivity (Wildman–Crippen MR) is 119 cm³/mol. The molecule has 2 unspecified atom stereocenters. The molecular formula is C23H26FN3O5S. The lowest BCUT2D eigenvalue weighted by molar-refractivity contribution is -0.140. The molecule has 0 fully saturated rings. The number of hydrogen-bond acceptors (Lipinski definition) is 5. The first-order valence-electron chi connectivity index (χ1n) is 10.6. The van der Waals surface area contributed by atoms with Gasteiger partial charge in [-0.2, -0.15) is 0 Å². The van der Waals surface area contributed by atoms with Gasteiger partial charge >= 0.3 is 0 Å². The fourth-order valence-electron chi connectivity index (χ4n) is 3.44. The molecule has 1 aliphatic rings. The molecule has 0 spiro atoms. The van der Waals surface area contributed by atoms with E-state index in [0.717, 1.165) is 0 Å². The lowest BCUT2D eigenvalue weighted by Gasteiger charge is -2.30. The summed E-state index contributed by atoms with van der Waals surface area (Å²) in [5.41, 5.74) is 0.546. The monoisotopic (exact) mass is 475 g/mol. The molecule has 0 bridgehead atoms. The van der Waals surface area contributed by atoms with Gasteiger partial charge in [0.15, 0.2) is 0 Å². The van der Waals surface area contributed by atoms with E-state index in [-0.39, 0.29) is 23.0 Å². The normalized spacial score (nSPS) is 16.1. The lowest BCUT2D eigenvalue weighted by atomic mass is 10.1. The standard InChI is InChI=1S/C23H26FN3O5S/c1-4-15(2)25-22(29)16(3)26(13-17-9-11-18(24)12-10-17)21(28)14-27-23(30)19-7-5-6-8-20(19)33(27,31)32/h5-12,15-16H,4,13-14H2,1-3H3,(H,25,29). The minimum atomic E-state index is -4.19. The Balaban J connectivity index is 1.88. The van der Waals surface area contributed by atoms with E-state index >= 15 is 0 Å². The molecule has 1 aliphatic heterocycles. The highest BCUT2D eigenvalue weighted by Crippen LogP contribution is 2.30. The second kappa shape index (κ2) is 9.70. The number of carbonyl (C=O) groups is 3. The average molecular weight is 476 g/mol. The Bertz CT molecular complexity index is 1170. The molecule has 2 atom stereocenters. The Kier molecular flexibility index (Phi) is 7.16. The van der Waals surface area contributed by atoms with E-state index < -0.39 is 46.1 Å². The smallest absolute Gasteiger partial charge is 0.269 e. The molecule has 3 rings (SSSR count). The van der Waals surface area contributed by atoms with Crippen molar-refractivity contribution in [1.82, 2.24) is 14.5 Å². The molecule has 0 radical (unpaired) electrons. The molecule has 0 saturated heterocycles. The van der Waals surface area contributed by atoms with Crippen LogP contribution in [-0.4, -0.2) is 54.0 Å². The Labute approximate surface area is 192 Å². The van der Waals surface area contributed by atoms with Gasteiger partial charge in [-0.25, -0.2) is 17.1 Å². The maximum atomic E-state index is 13.3. The highest BCUT2D eigenvalue weighted by molar-refractivity contribution is 7.90. The summed E-state index contributed by atoms with van der Waals surface area (Å²) in [5.74, 6) is -2.39. The SMILES string of the molecule is CCC(C)NC(=O)C(C)N(Cc1ccc(F)cc1)C(=O)CN1C(=O)c2ccccc2S1(=O)=O. The summed E-state index contributed by atoms with van der Waals surface area (Å²) in [6.45, 7) is 4.43.